The van der Waals surface area contributed by atoms with E-state index in [1.807, 2.05) is 0 Å². The Bertz CT molecular complexity index is 361. The zero-order chi connectivity index (χ0) is 16.1. The van der Waals surface area contributed by atoms with Crippen molar-refractivity contribution in [3.05, 3.63) is 0 Å². The highest BCUT2D eigenvalue weighted by Gasteiger charge is 2.12. The maximum absolute atomic E-state index is 9.10. The summed E-state index contributed by atoms with van der Waals surface area (Å²) < 4.78 is 0.817. The Kier molecular flexibility index (Phi) is 12.4. The standard InChI is InChI=1S/C12H21NS2.C2H2O4/c1-3-13(2)9-6-4-5-8-12-14-10-7-11-15-12;3-1(4)2(5)6/h12H,3,5,7-11H2,1-2H3;(H,3,4)(H,5,6). The molecule has 0 saturated carbocycles. The maximum atomic E-state index is 9.10. The van der Waals surface area contributed by atoms with E-state index in [-0.39, 0.29) is 0 Å². The number of thioether (sulfide) groups is 2. The van der Waals surface area contributed by atoms with E-state index < -0.39 is 11.9 Å². The van der Waals surface area contributed by atoms with Gasteiger partial charge >= 0.3 is 11.9 Å². The van der Waals surface area contributed by atoms with Crippen LogP contribution in [0.25, 0.3) is 0 Å². The van der Waals surface area contributed by atoms with Gasteiger partial charge in [-0.15, -0.1) is 29.4 Å². The Morgan fingerprint density at radius 1 is 1.19 bits per heavy atom. The van der Waals surface area contributed by atoms with E-state index in [0.29, 0.717) is 0 Å². The molecule has 0 aromatic heterocycles. The van der Waals surface area contributed by atoms with Gasteiger partial charge in [0, 0.05) is 6.42 Å². The van der Waals surface area contributed by atoms with Crippen molar-refractivity contribution in [3.63, 3.8) is 0 Å². The van der Waals surface area contributed by atoms with Gasteiger partial charge in [-0.25, -0.2) is 9.59 Å². The predicted molar refractivity (Wildman–Crippen MR) is 88.8 cm³/mol. The Balaban J connectivity index is 0.000000567. The molecule has 1 aliphatic heterocycles. The number of rotatable bonds is 4. The lowest BCUT2D eigenvalue weighted by Crippen LogP contribution is -2.17. The maximum Gasteiger partial charge on any atom is 0.414 e. The highest BCUT2D eigenvalue weighted by Crippen LogP contribution is 2.33. The van der Waals surface area contributed by atoms with Crippen molar-refractivity contribution in [2.24, 2.45) is 0 Å². The molecule has 1 rings (SSSR count). The van der Waals surface area contributed by atoms with Crippen LogP contribution in [-0.4, -0.2) is 63.3 Å². The average molecular weight is 333 g/mol. The van der Waals surface area contributed by atoms with Crippen LogP contribution in [0.4, 0.5) is 0 Å². The normalized spacial score (nSPS) is 14.6. The summed E-state index contributed by atoms with van der Waals surface area (Å²) in [5.41, 5.74) is 0. The first-order chi connectivity index (χ1) is 9.97. The molecule has 0 bridgehead atoms. The molecule has 0 radical (unpaired) electrons. The monoisotopic (exact) mass is 333 g/mol. The summed E-state index contributed by atoms with van der Waals surface area (Å²) in [5.74, 6) is 5.57. The molecule has 0 aliphatic carbocycles. The molecular formula is C14H23NO4S2. The molecule has 2 N–H and O–H groups in total. The average Bonchev–Trinajstić information content (AvgIpc) is 2.48. The van der Waals surface area contributed by atoms with Gasteiger partial charge in [-0.3, -0.25) is 4.90 Å². The van der Waals surface area contributed by atoms with Gasteiger partial charge in [0.25, 0.3) is 0 Å². The van der Waals surface area contributed by atoms with Crippen molar-refractivity contribution in [1.29, 1.82) is 0 Å². The van der Waals surface area contributed by atoms with Crippen LogP contribution in [-0.2, 0) is 9.59 Å². The van der Waals surface area contributed by atoms with Crippen LogP contribution in [0.2, 0.25) is 0 Å². The minimum absolute atomic E-state index is 0.817. The molecule has 120 valence electrons. The van der Waals surface area contributed by atoms with Crippen LogP contribution in [0.5, 0.6) is 0 Å². The lowest BCUT2D eigenvalue weighted by Gasteiger charge is -2.19. The minimum atomic E-state index is -1.82. The first-order valence-corrected chi connectivity index (χ1v) is 8.90. The molecule has 1 aliphatic rings. The van der Waals surface area contributed by atoms with Crippen molar-refractivity contribution in [2.45, 2.75) is 30.8 Å². The van der Waals surface area contributed by atoms with Crippen LogP contribution in [0.3, 0.4) is 0 Å². The van der Waals surface area contributed by atoms with E-state index >= 15 is 0 Å². The SMILES string of the molecule is CCN(C)CC#CCCC1SCCCS1.O=C(O)C(=O)O. The van der Waals surface area contributed by atoms with E-state index in [0.717, 1.165) is 24.1 Å². The summed E-state index contributed by atoms with van der Waals surface area (Å²) in [6.07, 6.45) is 3.72. The molecule has 1 fully saturated rings. The number of carboxylic acid groups (broad SMARTS) is 2. The van der Waals surface area contributed by atoms with Gasteiger partial charge < -0.3 is 10.2 Å². The number of aliphatic carboxylic acids is 2. The van der Waals surface area contributed by atoms with Crippen LogP contribution in [0.15, 0.2) is 0 Å². The molecule has 0 amide bonds. The molecule has 0 spiro atoms. The molecule has 0 aromatic carbocycles. The van der Waals surface area contributed by atoms with Crippen molar-refractivity contribution in [1.82, 2.24) is 4.90 Å². The second kappa shape index (κ2) is 12.9. The van der Waals surface area contributed by atoms with Crippen molar-refractivity contribution in [2.75, 3.05) is 31.6 Å². The summed E-state index contributed by atoms with van der Waals surface area (Å²) in [5, 5.41) is 14.8. The third-order valence-electron chi connectivity index (χ3n) is 2.60. The minimum Gasteiger partial charge on any atom is -0.473 e. The molecular weight excluding hydrogens is 310 g/mol. The first-order valence-electron chi connectivity index (χ1n) is 6.81. The summed E-state index contributed by atoms with van der Waals surface area (Å²) in [6, 6.07) is 0. The van der Waals surface area contributed by atoms with Gasteiger partial charge in [0.2, 0.25) is 0 Å². The Labute approximate surface area is 134 Å². The zero-order valence-corrected chi connectivity index (χ0v) is 14.1. The topological polar surface area (TPSA) is 77.8 Å². The Hall–Kier alpha value is -0.840. The molecule has 7 heteroatoms. The second-order valence-corrected chi connectivity index (χ2v) is 7.28. The highest BCUT2D eigenvalue weighted by molar-refractivity contribution is 8.17. The summed E-state index contributed by atoms with van der Waals surface area (Å²) in [4.78, 5) is 20.4. The number of carbonyl (C=O) groups is 2. The van der Waals surface area contributed by atoms with Crippen LogP contribution in [0.1, 0.15) is 26.2 Å². The van der Waals surface area contributed by atoms with Crippen LogP contribution >= 0.6 is 23.5 Å². The highest BCUT2D eigenvalue weighted by atomic mass is 32.2. The molecule has 0 atom stereocenters. The van der Waals surface area contributed by atoms with Gasteiger partial charge in [0.15, 0.2) is 0 Å². The molecule has 0 unspecified atom stereocenters. The lowest BCUT2D eigenvalue weighted by molar-refractivity contribution is -0.159. The van der Waals surface area contributed by atoms with E-state index in [1.165, 1.54) is 24.3 Å². The fourth-order valence-corrected chi connectivity index (χ4v) is 4.15. The number of carboxylic acids is 2. The van der Waals surface area contributed by atoms with E-state index in [9.17, 15) is 0 Å². The van der Waals surface area contributed by atoms with Gasteiger partial charge in [-0.2, -0.15) is 0 Å². The quantitative estimate of drug-likeness (QED) is 0.602. The molecule has 1 heterocycles. The fourth-order valence-electron chi connectivity index (χ4n) is 1.28. The first kappa shape index (κ1) is 20.2. The summed E-state index contributed by atoms with van der Waals surface area (Å²) in [6.45, 7) is 4.17. The zero-order valence-electron chi connectivity index (χ0n) is 12.5. The summed E-state index contributed by atoms with van der Waals surface area (Å²) in [7, 11) is 2.11. The van der Waals surface area contributed by atoms with E-state index in [1.54, 1.807) is 0 Å². The number of hydrogen-bond donors (Lipinski definition) is 2. The second-order valence-electron chi connectivity index (χ2n) is 4.36. The van der Waals surface area contributed by atoms with Crippen molar-refractivity contribution >= 4 is 35.5 Å². The van der Waals surface area contributed by atoms with Crippen molar-refractivity contribution < 1.29 is 19.8 Å². The van der Waals surface area contributed by atoms with E-state index in [2.05, 4.69) is 54.2 Å². The predicted octanol–water partition coefficient (Wildman–Crippen LogP) is 2.07. The summed E-state index contributed by atoms with van der Waals surface area (Å²) >= 11 is 4.23. The number of hydrogen-bond acceptors (Lipinski definition) is 5. The van der Waals surface area contributed by atoms with Gasteiger partial charge in [0.1, 0.15) is 0 Å². The smallest absolute Gasteiger partial charge is 0.414 e. The van der Waals surface area contributed by atoms with E-state index in [4.69, 9.17) is 19.8 Å². The van der Waals surface area contributed by atoms with Gasteiger partial charge in [0.05, 0.1) is 11.1 Å². The largest absolute Gasteiger partial charge is 0.473 e. The number of nitrogens with zero attached hydrogens (tertiary/aromatic N) is 1. The fraction of sp³-hybridized carbons (Fsp3) is 0.714. The Morgan fingerprint density at radius 2 is 1.76 bits per heavy atom. The molecule has 5 nitrogen and oxygen atoms in total. The third kappa shape index (κ3) is 12.6. The van der Waals surface area contributed by atoms with Gasteiger partial charge in [-0.05, 0) is 37.9 Å². The third-order valence-corrected chi connectivity index (χ3v) is 5.68. The Morgan fingerprint density at radius 3 is 2.24 bits per heavy atom. The van der Waals surface area contributed by atoms with Gasteiger partial charge in [-0.1, -0.05) is 12.8 Å². The molecule has 21 heavy (non-hydrogen) atoms. The van der Waals surface area contributed by atoms with Crippen LogP contribution < -0.4 is 0 Å². The van der Waals surface area contributed by atoms with Crippen molar-refractivity contribution in [3.8, 4) is 11.8 Å². The lowest BCUT2D eigenvalue weighted by atomic mass is 10.3. The molecule has 0 aromatic rings. The van der Waals surface area contributed by atoms with Crippen LogP contribution in [0, 0.1) is 11.8 Å². The molecule has 1 saturated heterocycles.